The first-order valence-electron chi connectivity index (χ1n) is 7.67. The van der Waals surface area contributed by atoms with Crippen LogP contribution < -0.4 is 0 Å². The van der Waals surface area contributed by atoms with Gasteiger partial charge in [-0.25, -0.2) is 4.39 Å². The molecule has 0 atom stereocenters. The third-order valence-electron chi connectivity index (χ3n) is 4.01. The Kier molecular flexibility index (Phi) is 4.80. The van der Waals surface area contributed by atoms with Crippen molar-refractivity contribution in [2.45, 2.75) is 6.42 Å². The van der Waals surface area contributed by atoms with E-state index in [9.17, 15) is 19.1 Å². The number of rotatable bonds is 2. The second-order valence-electron chi connectivity index (χ2n) is 5.55. The van der Waals surface area contributed by atoms with Gasteiger partial charge in [-0.1, -0.05) is 12.1 Å². The van der Waals surface area contributed by atoms with E-state index in [1.165, 1.54) is 28.4 Å². The maximum atomic E-state index is 13.9. The molecule has 1 aromatic carbocycles. The van der Waals surface area contributed by atoms with Crippen molar-refractivity contribution < 1.29 is 19.1 Å². The van der Waals surface area contributed by atoms with Gasteiger partial charge in [0.2, 0.25) is 0 Å². The molecule has 1 N–H and O–H groups in total. The van der Waals surface area contributed by atoms with E-state index in [4.69, 9.17) is 0 Å². The number of phenolic OH excluding ortho intramolecular Hbond substituents is 1. The van der Waals surface area contributed by atoms with Crippen LogP contribution in [0.5, 0.6) is 5.75 Å². The molecular formula is C17H17FN2O3S. The van der Waals surface area contributed by atoms with Crippen LogP contribution in [0, 0.1) is 5.82 Å². The summed E-state index contributed by atoms with van der Waals surface area (Å²) in [7, 11) is 0. The number of phenols is 1. The van der Waals surface area contributed by atoms with Crippen molar-refractivity contribution >= 4 is 23.2 Å². The van der Waals surface area contributed by atoms with Gasteiger partial charge in [-0.05, 0) is 30.0 Å². The molecule has 3 rings (SSSR count). The Bertz CT molecular complexity index is 728. The van der Waals surface area contributed by atoms with E-state index in [1.54, 1.807) is 11.0 Å². The molecule has 24 heavy (non-hydrogen) atoms. The molecule has 1 aliphatic rings. The van der Waals surface area contributed by atoms with E-state index >= 15 is 0 Å². The average molecular weight is 348 g/mol. The number of carbonyl (C=O) groups is 2. The van der Waals surface area contributed by atoms with Gasteiger partial charge in [-0.2, -0.15) is 0 Å². The number of thiophene rings is 1. The molecule has 2 heterocycles. The Morgan fingerprint density at radius 1 is 1.00 bits per heavy atom. The number of hydrogen-bond donors (Lipinski definition) is 1. The summed E-state index contributed by atoms with van der Waals surface area (Å²) in [5.41, 5.74) is -0.310. The number of amides is 2. The van der Waals surface area contributed by atoms with Gasteiger partial charge < -0.3 is 14.9 Å². The van der Waals surface area contributed by atoms with Crippen LogP contribution in [0.3, 0.4) is 0 Å². The Hall–Kier alpha value is -2.41. The maximum absolute atomic E-state index is 13.9. The zero-order valence-electron chi connectivity index (χ0n) is 12.9. The first-order chi connectivity index (χ1) is 11.6. The zero-order valence-corrected chi connectivity index (χ0v) is 13.8. The summed E-state index contributed by atoms with van der Waals surface area (Å²) in [6.45, 7) is 1.66. The van der Waals surface area contributed by atoms with E-state index in [2.05, 4.69) is 0 Å². The fraction of sp³-hybridized carbons (Fsp3) is 0.294. The minimum absolute atomic E-state index is 0.0481. The highest BCUT2D eigenvalue weighted by molar-refractivity contribution is 7.12. The SMILES string of the molecule is O=C(c1cccs1)N1CCCN(C(=O)c2c(O)cccc2F)CC1. The van der Waals surface area contributed by atoms with E-state index in [1.807, 2.05) is 11.4 Å². The second kappa shape index (κ2) is 7.00. The predicted octanol–water partition coefficient (Wildman–Crippen LogP) is 2.58. The number of halogens is 1. The number of aromatic hydroxyl groups is 1. The standard InChI is InChI=1S/C17H17FN2O3S/c18-12-4-1-5-13(21)15(12)17(23)20-8-3-7-19(9-10-20)16(22)14-6-2-11-24-14/h1-2,4-6,11,21H,3,7-10H2. The van der Waals surface area contributed by atoms with E-state index in [0.29, 0.717) is 37.5 Å². The summed E-state index contributed by atoms with van der Waals surface area (Å²) in [6.07, 6.45) is 0.609. The normalized spacial score (nSPS) is 15.2. The number of hydrogen-bond acceptors (Lipinski definition) is 4. The van der Waals surface area contributed by atoms with Crippen LogP contribution in [0.15, 0.2) is 35.7 Å². The van der Waals surface area contributed by atoms with Crippen LogP contribution in [-0.4, -0.2) is 52.9 Å². The van der Waals surface area contributed by atoms with Crippen molar-refractivity contribution in [1.29, 1.82) is 0 Å². The molecule has 1 aromatic heterocycles. The van der Waals surface area contributed by atoms with Gasteiger partial charge in [0, 0.05) is 26.2 Å². The van der Waals surface area contributed by atoms with Gasteiger partial charge in [0.1, 0.15) is 17.1 Å². The minimum Gasteiger partial charge on any atom is -0.507 e. The van der Waals surface area contributed by atoms with Crippen molar-refractivity contribution in [3.8, 4) is 5.75 Å². The van der Waals surface area contributed by atoms with Crippen molar-refractivity contribution in [1.82, 2.24) is 9.80 Å². The average Bonchev–Trinajstić information content (AvgIpc) is 2.98. The first kappa shape index (κ1) is 16.4. The zero-order chi connectivity index (χ0) is 17.1. The quantitative estimate of drug-likeness (QED) is 0.907. The van der Waals surface area contributed by atoms with Crippen molar-refractivity contribution in [3.63, 3.8) is 0 Å². The molecule has 0 spiro atoms. The molecule has 126 valence electrons. The molecule has 0 aliphatic carbocycles. The van der Waals surface area contributed by atoms with Crippen molar-refractivity contribution in [2.24, 2.45) is 0 Å². The molecule has 1 fully saturated rings. The summed E-state index contributed by atoms with van der Waals surface area (Å²) in [6, 6.07) is 7.40. The topological polar surface area (TPSA) is 60.9 Å². The third kappa shape index (κ3) is 3.26. The van der Waals surface area contributed by atoms with Crippen LogP contribution in [0.25, 0.3) is 0 Å². The van der Waals surface area contributed by atoms with Gasteiger partial charge in [0.25, 0.3) is 11.8 Å². The molecule has 2 amide bonds. The lowest BCUT2D eigenvalue weighted by atomic mass is 10.1. The molecule has 1 aliphatic heterocycles. The molecule has 0 unspecified atom stereocenters. The molecule has 5 nitrogen and oxygen atoms in total. The van der Waals surface area contributed by atoms with Gasteiger partial charge in [-0.3, -0.25) is 9.59 Å². The number of carbonyl (C=O) groups excluding carboxylic acids is 2. The molecule has 7 heteroatoms. The Morgan fingerprint density at radius 3 is 2.33 bits per heavy atom. The fourth-order valence-electron chi connectivity index (χ4n) is 2.76. The van der Waals surface area contributed by atoms with E-state index in [0.717, 1.165) is 6.07 Å². The first-order valence-corrected chi connectivity index (χ1v) is 8.55. The van der Waals surface area contributed by atoms with Gasteiger partial charge in [0.05, 0.1) is 4.88 Å². The van der Waals surface area contributed by atoms with Gasteiger partial charge in [-0.15, -0.1) is 11.3 Å². The monoisotopic (exact) mass is 348 g/mol. The molecule has 2 aromatic rings. The fourth-order valence-corrected chi connectivity index (χ4v) is 3.45. The smallest absolute Gasteiger partial charge is 0.263 e. The van der Waals surface area contributed by atoms with Gasteiger partial charge >= 0.3 is 0 Å². The maximum Gasteiger partial charge on any atom is 0.263 e. The highest BCUT2D eigenvalue weighted by Crippen LogP contribution is 2.22. The highest BCUT2D eigenvalue weighted by Gasteiger charge is 2.26. The summed E-state index contributed by atoms with van der Waals surface area (Å²) in [5, 5.41) is 11.6. The van der Waals surface area contributed by atoms with Crippen molar-refractivity contribution in [3.05, 3.63) is 52.0 Å². The lowest BCUT2D eigenvalue weighted by Crippen LogP contribution is -2.37. The lowest BCUT2D eigenvalue weighted by molar-refractivity contribution is 0.0716. The number of benzene rings is 1. The Balaban J connectivity index is 1.71. The minimum atomic E-state index is -0.740. The van der Waals surface area contributed by atoms with Crippen molar-refractivity contribution in [2.75, 3.05) is 26.2 Å². The molecule has 0 bridgehead atoms. The predicted molar refractivity (Wildman–Crippen MR) is 88.8 cm³/mol. The second-order valence-corrected chi connectivity index (χ2v) is 6.50. The van der Waals surface area contributed by atoms with Crippen LogP contribution >= 0.6 is 11.3 Å². The van der Waals surface area contributed by atoms with Crippen LogP contribution in [0.1, 0.15) is 26.5 Å². The van der Waals surface area contributed by atoms with Crippen LogP contribution in [-0.2, 0) is 0 Å². The summed E-state index contributed by atoms with van der Waals surface area (Å²) in [4.78, 5) is 28.8. The van der Waals surface area contributed by atoms with E-state index < -0.39 is 11.7 Å². The molecule has 1 saturated heterocycles. The largest absolute Gasteiger partial charge is 0.507 e. The summed E-state index contributed by atoms with van der Waals surface area (Å²) >= 11 is 1.38. The summed E-state index contributed by atoms with van der Waals surface area (Å²) < 4.78 is 13.9. The van der Waals surface area contributed by atoms with Crippen LogP contribution in [0.4, 0.5) is 4.39 Å². The molecule has 0 saturated carbocycles. The Morgan fingerprint density at radius 2 is 1.71 bits per heavy atom. The van der Waals surface area contributed by atoms with Crippen LogP contribution in [0.2, 0.25) is 0 Å². The summed E-state index contributed by atoms with van der Waals surface area (Å²) in [5.74, 6) is -1.70. The third-order valence-corrected chi connectivity index (χ3v) is 4.87. The molecule has 0 radical (unpaired) electrons. The van der Waals surface area contributed by atoms with E-state index in [-0.39, 0.29) is 17.2 Å². The highest BCUT2D eigenvalue weighted by atomic mass is 32.1. The molecular weight excluding hydrogens is 331 g/mol. The van der Waals surface area contributed by atoms with Gasteiger partial charge in [0.15, 0.2) is 0 Å². The lowest BCUT2D eigenvalue weighted by Gasteiger charge is -2.22. The number of nitrogens with zero attached hydrogens (tertiary/aromatic N) is 2. The Labute approximate surface area is 142 Å².